The number of fused-ring (bicyclic) bond motifs is 4. The van der Waals surface area contributed by atoms with E-state index in [1.165, 1.54) is 12.1 Å². The molecule has 2 aliphatic rings. The van der Waals surface area contributed by atoms with E-state index in [0.717, 1.165) is 36.1 Å². The molecule has 1 fully saturated rings. The third kappa shape index (κ3) is 8.33. The summed E-state index contributed by atoms with van der Waals surface area (Å²) in [6, 6.07) is 13.1. The number of aryl methyl sites for hydroxylation is 2. The van der Waals surface area contributed by atoms with E-state index in [4.69, 9.17) is 9.72 Å². The fraction of sp³-hybridized carbons (Fsp3) is 0.421. The van der Waals surface area contributed by atoms with Crippen LogP contribution < -0.4 is 19.7 Å². The SMILES string of the molecule is CNC(=O)CC1CCCN1c1cncc(CN2C(=O)c3cccc(c3)S(=O)(=O)Nc3nc(cc(-c4c(C)cccc4C)n3)OC[C@H]2CC(C)(C)C)n1. The molecular formula is C38H46N8O5S. The van der Waals surface area contributed by atoms with Crippen LogP contribution in [0.5, 0.6) is 5.88 Å². The average molecular weight is 727 g/mol. The number of nitrogens with zero attached hydrogens (tertiary/aromatic N) is 6. The number of ether oxygens (including phenoxy) is 1. The first-order valence-corrected chi connectivity index (χ1v) is 19.0. The van der Waals surface area contributed by atoms with Gasteiger partial charge in [0, 0.05) is 43.2 Å². The highest BCUT2D eigenvalue weighted by Gasteiger charge is 2.33. The maximum absolute atomic E-state index is 14.6. The molecule has 4 bridgehead atoms. The highest BCUT2D eigenvalue weighted by molar-refractivity contribution is 7.92. The van der Waals surface area contributed by atoms with Crippen molar-refractivity contribution in [3.8, 4) is 17.1 Å². The maximum Gasteiger partial charge on any atom is 0.264 e. The number of benzene rings is 2. The molecule has 0 spiro atoms. The van der Waals surface area contributed by atoms with Crippen molar-refractivity contribution in [2.24, 2.45) is 5.41 Å². The van der Waals surface area contributed by atoms with Crippen molar-refractivity contribution in [2.75, 3.05) is 29.8 Å². The minimum atomic E-state index is -4.21. The van der Waals surface area contributed by atoms with E-state index in [9.17, 15) is 18.0 Å². The summed E-state index contributed by atoms with van der Waals surface area (Å²) in [7, 11) is -2.58. The summed E-state index contributed by atoms with van der Waals surface area (Å²) in [4.78, 5) is 49.1. The predicted octanol–water partition coefficient (Wildman–Crippen LogP) is 5.30. The zero-order chi connectivity index (χ0) is 37.2. The lowest BCUT2D eigenvalue weighted by atomic mass is 9.87. The molecule has 2 aromatic heterocycles. The minimum Gasteiger partial charge on any atom is -0.475 e. The number of rotatable bonds is 7. The quantitative estimate of drug-likeness (QED) is 0.256. The van der Waals surface area contributed by atoms with E-state index in [-0.39, 0.29) is 58.7 Å². The molecule has 274 valence electrons. The van der Waals surface area contributed by atoms with Crippen molar-refractivity contribution in [1.29, 1.82) is 0 Å². The first kappa shape index (κ1) is 36.7. The Morgan fingerprint density at radius 1 is 1.02 bits per heavy atom. The normalized spacial score (nSPS) is 18.8. The Balaban J connectivity index is 1.43. The molecule has 1 saturated heterocycles. The van der Waals surface area contributed by atoms with Crippen LogP contribution in [0.4, 0.5) is 11.8 Å². The fourth-order valence-corrected chi connectivity index (χ4v) is 7.99. The minimum absolute atomic E-state index is 0.0110. The third-order valence-electron chi connectivity index (χ3n) is 9.41. The predicted molar refractivity (Wildman–Crippen MR) is 199 cm³/mol. The number of hydrogen-bond donors (Lipinski definition) is 2. The van der Waals surface area contributed by atoms with Crippen LogP contribution in [0, 0.1) is 19.3 Å². The summed E-state index contributed by atoms with van der Waals surface area (Å²) < 4.78 is 36.4. The number of carbonyl (C=O) groups excluding carboxylic acids is 2. The van der Waals surface area contributed by atoms with Gasteiger partial charge in [-0.05, 0) is 67.9 Å². The first-order chi connectivity index (χ1) is 24.7. The number of sulfonamides is 1. The maximum atomic E-state index is 14.6. The Morgan fingerprint density at radius 3 is 2.50 bits per heavy atom. The highest BCUT2D eigenvalue weighted by Crippen LogP contribution is 2.32. The second kappa shape index (κ2) is 14.9. The summed E-state index contributed by atoms with van der Waals surface area (Å²) in [5.41, 5.74) is 3.78. The van der Waals surface area contributed by atoms with Crippen molar-refractivity contribution in [3.05, 3.63) is 83.3 Å². The molecule has 2 aromatic carbocycles. The Hall–Kier alpha value is -5.11. The topological polar surface area (TPSA) is 160 Å². The van der Waals surface area contributed by atoms with Gasteiger partial charge in [-0.1, -0.05) is 45.0 Å². The van der Waals surface area contributed by atoms with Crippen LogP contribution in [0.1, 0.15) is 73.6 Å². The van der Waals surface area contributed by atoms with Crippen LogP contribution in [-0.4, -0.2) is 77.4 Å². The van der Waals surface area contributed by atoms with E-state index in [2.05, 4.69) is 50.7 Å². The van der Waals surface area contributed by atoms with Gasteiger partial charge in [0.05, 0.1) is 41.3 Å². The summed E-state index contributed by atoms with van der Waals surface area (Å²) in [6.45, 7) is 11.1. The zero-order valence-corrected chi connectivity index (χ0v) is 31.3. The van der Waals surface area contributed by atoms with Crippen molar-refractivity contribution in [3.63, 3.8) is 0 Å². The molecule has 13 nitrogen and oxygen atoms in total. The van der Waals surface area contributed by atoms with Crippen LogP contribution in [-0.2, 0) is 21.4 Å². The molecule has 4 aromatic rings. The van der Waals surface area contributed by atoms with Gasteiger partial charge in [-0.25, -0.2) is 23.1 Å². The molecule has 52 heavy (non-hydrogen) atoms. The van der Waals surface area contributed by atoms with Gasteiger partial charge in [0.15, 0.2) is 0 Å². The summed E-state index contributed by atoms with van der Waals surface area (Å²) in [5, 5.41) is 2.71. The molecule has 6 rings (SSSR count). The lowest BCUT2D eigenvalue weighted by Crippen LogP contribution is -2.45. The molecule has 4 heterocycles. The van der Waals surface area contributed by atoms with Crippen molar-refractivity contribution in [2.45, 2.75) is 83.8 Å². The summed E-state index contributed by atoms with van der Waals surface area (Å²) in [6.07, 6.45) is 6.00. The summed E-state index contributed by atoms with van der Waals surface area (Å²) >= 11 is 0. The number of hydrogen-bond acceptors (Lipinski definition) is 10. The Labute approximate surface area is 305 Å². The van der Waals surface area contributed by atoms with Gasteiger partial charge in [-0.3, -0.25) is 14.6 Å². The van der Waals surface area contributed by atoms with Crippen LogP contribution >= 0.6 is 0 Å². The zero-order valence-electron chi connectivity index (χ0n) is 30.5. The Kier molecular flexibility index (Phi) is 10.5. The monoisotopic (exact) mass is 726 g/mol. The third-order valence-corrected chi connectivity index (χ3v) is 10.7. The van der Waals surface area contributed by atoms with Crippen LogP contribution in [0.25, 0.3) is 11.3 Å². The van der Waals surface area contributed by atoms with Gasteiger partial charge in [0.1, 0.15) is 12.4 Å². The number of amides is 2. The standard InChI is InChI=1S/C38H46N8O5S/c1-24-10-7-11-25(2)35(24)31-18-34-43-37(42-31)44-52(49,50)30-14-8-12-26(16-30)36(48)46(29(23-51-34)19-38(3,4)5)22-27-20-40-21-32(41-27)45-15-9-13-28(45)17-33(47)39-6/h7-8,10-12,14,16,18,20-21,28-29H,9,13,15,17,19,22-23H2,1-6H3,(H,39,47)(H,42,43,44)/t28?,29-/m1/s1. The van der Waals surface area contributed by atoms with Gasteiger partial charge >= 0.3 is 0 Å². The number of anilines is 2. The lowest BCUT2D eigenvalue weighted by molar-refractivity contribution is -0.120. The van der Waals surface area contributed by atoms with E-state index in [1.807, 2.05) is 32.0 Å². The van der Waals surface area contributed by atoms with Gasteiger partial charge in [0.2, 0.25) is 17.7 Å². The molecule has 0 aliphatic carbocycles. The van der Waals surface area contributed by atoms with Crippen molar-refractivity contribution >= 4 is 33.6 Å². The Bertz CT molecular complexity index is 2060. The van der Waals surface area contributed by atoms with E-state index < -0.39 is 16.1 Å². The molecular weight excluding hydrogens is 681 g/mol. The van der Waals surface area contributed by atoms with E-state index in [0.29, 0.717) is 30.0 Å². The molecule has 0 radical (unpaired) electrons. The number of nitrogens with one attached hydrogen (secondary N) is 2. The van der Waals surface area contributed by atoms with E-state index >= 15 is 0 Å². The van der Waals surface area contributed by atoms with E-state index in [1.54, 1.807) is 42.5 Å². The van der Waals surface area contributed by atoms with Gasteiger partial charge in [0.25, 0.3) is 15.9 Å². The number of aromatic nitrogens is 4. The van der Waals surface area contributed by atoms with Gasteiger partial charge in [-0.15, -0.1) is 0 Å². The molecule has 2 amide bonds. The first-order valence-electron chi connectivity index (χ1n) is 17.5. The fourth-order valence-electron chi connectivity index (χ4n) is 7.00. The second-order valence-electron chi connectivity index (χ2n) is 14.7. The van der Waals surface area contributed by atoms with Crippen LogP contribution in [0.3, 0.4) is 0 Å². The largest absolute Gasteiger partial charge is 0.475 e. The molecule has 14 heteroatoms. The lowest BCUT2D eigenvalue weighted by Gasteiger charge is -2.35. The molecule has 2 atom stereocenters. The summed E-state index contributed by atoms with van der Waals surface area (Å²) in [5.74, 6) is 0.245. The Morgan fingerprint density at radius 2 is 1.77 bits per heavy atom. The molecule has 2 aliphatic heterocycles. The molecule has 1 unspecified atom stereocenters. The molecule has 0 saturated carbocycles. The average Bonchev–Trinajstić information content (AvgIpc) is 3.56. The van der Waals surface area contributed by atoms with Crippen LogP contribution in [0.15, 0.2) is 65.8 Å². The van der Waals surface area contributed by atoms with Crippen molar-refractivity contribution in [1.82, 2.24) is 30.2 Å². The van der Waals surface area contributed by atoms with Gasteiger partial charge < -0.3 is 19.9 Å². The molecule has 2 N–H and O–H groups in total. The second-order valence-corrected chi connectivity index (χ2v) is 16.4. The van der Waals surface area contributed by atoms with Crippen LogP contribution in [0.2, 0.25) is 0 Å². The highest BCUT2D eigenvalue weighted by atomic mass is 32.2. The van der Waals surface area contributed by atoms with Crippen molar-refractivity contribution < 1.29 is 22.7 Å². The van der Waals surface area contributed by atoms with Gasteiger partial charge in [-0.2, -0.15) is 4.98 Å². The number of carbonyl (C=O) groups is 2. The smallest absolute Gasteiger partial charge is 0.264 e.